The van der Waals surface area contributed by atoms with Crippen LogP contribution in [0.15, 0.2) is 17.5 Å². The minimum atomic E-state index is -0.503. The lowest BCUT2D eigenvalue weighted by Crippen LogP contribution is -2.17. The molecule has 170 valence electrons. The third kappa shape index (κ3) is 5.61. The summed E-state index contributed by atoms with van der Waals surface area (Å²) in [5.74, 6) is -0.975. The average molecular weight is 477 g/mol. The molecule has 0 spiro atoms. The number of carbonyl (C=O) groups is 3. The second kappa shape index (κ2) is 10.5. The monoisotopic (exact) mass is 476 g/mol. The Hall–Kier alpha value is -3.02. The van der Waals surface area contributed by atoms with Gasteiger partial charge in [0, 0.05) is 30.0 Å². The predicted octanol–water partition coefficient (Wildman–Crippen LogP) is 3.51. The number of ether oxygens (including phenoxy) is 2. The third-order valence-electron chi connectivity index (χ3n) is 4.54. The Labute approximate surface area is 193 Å². The van der Waals surface area contributed by atoms with E-state index in [1.54, 1.807) is 13.8 Å². The molecule has 3 heterocycles. The summed E-state index contributed by atoms with van der Waals surface area (Å²) >= 11 is 2.83. The summed E-state index contributed by atoms with van der Waals surface area (Å²) < 4.78 is 10.1. The van der Waals surface area contributed by atoms with Gasteiger partial charge in [-0.05, 0) is 31.5 Å². The fourth-order valence-corrected chi connectivity index (χ4v) is 4.69. The molecule has 0 aliphatic heterocycles. The van der Waals surface area contributed by atoms with Gasteiger partial charge in [-0.25, -0.2) is 9.78 Å². The number of hydrogen-bond donors (Lipinski definition) is 3. The molecule has 0 fully saturated rings. The van der Waals surface area contributed by atoms with Crippen molar-refractivity contribution in [3.05, 3.63) is 44.9 Å². The number of hydrogen-bond acceptors (Lipinski definition) is 8. The summed E-state index contributed by atoms with van der Waals surface area (Å²) in [7, 11) is 1.52. The van der Waals surface area contributed by atoms with Gasteiger partial charge >= 0.3 is 5.97 Å². The second-order valence-corrected chi connectivity index (χ2v) is 8.95. The van der Waals surface area contributed by atoms with Gasteiger partial charge in [-0.3, -0.25) is 14.9 Å². The number of thiazole rings is 1. The number of nitrogens with one attached hydrogen (secondary N) is 3. The van der Waals surface area contributed by atoms with E-state index in [1.807, 2.05) is 17.5 Å². The van der Waals surface area contributed by atoms with Crippen LogP contribution in [-0.2, 0) is 20.8 Å². The maximum absolute atomic E-state index is 12.8. The average Bonchev–Trinajstić information content (AvgIpc) is 3.45. The summed E-state index contributed by atoms with van der Waals surface area (Å²) in [6.45, 7) is 5.79. The zero-order valence-corrected chi connectivity index (χ0v) is 19.8. The topological polar surface area (TPSA) is 122 Å². The highest BCUT2D eigenvalue weighted by molar-refractivity contribution is 7.17. The molecule has 3 aromatic rings. The zero-order chi connectivity index (χ0) is 23.3. The molecule has 2 amide bonds. The van der Waals surface area contributed by atoms with Gasteiger partial charge in [0.1, 0.15) is 12.3 Å². The first kappa shape index (κ1) is 23.6. The van der Waals surface area contributed by atoms with Crippen molar-refractivity contribution in [3.63, 3.8) is 0 Å². The number of aromatic nitrogens is 2. The first-order valence-electron chi connectivity index (χ1n) is 9.75. The van der Waals surface area contributed by atoms with Crippen molar-refractivity contribution in [1.29, 1.82) is 0 Å². The summed E-state index contributed by atoms with van der Waals surface area (Å²) in [5, 5.41) is 7.84. The number of rotatable bonds is 9. The number of thiophene rings is 1. The van der Waals surface area contributed by atoms with Crippen molar-refractivity contribution >= 4 is 45.6 Å². The first-order valence-corrected chi connectivity index (χ1v) is 11.4. The number of H-pyrrole nitrogens is 1. The Morgan fingerprint density at radius 3 is 2.69 bits per heavy atom. The minimum Gasteiger partial charge on any atom is -0.460 e. The normalized spacial score (nSPS) is 10.8. The highest BCUT2D eigenvalue weighted by atomic mass is 32.1. The Bertz CT molecular complexity index is 1130. The van der Waals surface area contributed by atoms with Crippen LogP contribution in [-0.4, -0.2) is 48.1 Å². The minimum absolute atomic E-state index is 0.0835. The summed E-state index contributed by atoms with van der Waals surface area (Å²) in [4.78, 5) is 45.6. The van der Waals surface area contributed by atoms with Crippen molar-refractivity contribution in [2.45, 2.75) is 27.3 Å². The van der Waals surface area contributed by atoms with Gasteiger partial charge < -0.3 is 19.8 Å². The highest BCUT2D eigenvalue weighted by Gasteiger charge is 2.23. The molecule has 0 saturated carbocycles. The van der Waals surface area contributed by atoms with Crippen LogP contribution in [0.2, 0.25) is 0 Å². The van der Waals surface area contributed by atoms with Gasteiger partial charge in [0.15, 0.2) is 5.13 Å². The summed E-state index contributed by atoms with van der Waals surface area (Å²) in [6.07, 6.45) is 0. The van der Waals surface area contributed by atoms with E-state index in [2.05, 4.69) is 20.6 Å². The molecule has 11 heteroatoms. The number of aromatic amines is 1. The van der Waals surface area contributed by atoms with Crippen LogP contribution >= 0.6 is 22.7 Å². The molecule has 3 aromatic heterocycles. The van der Waals surface area contributed by atoms with Crippen LogP contribution in [0, 0.1) is 13.8 Å². The van der Waals surface area contributed by atoms with Crippen LogP contribution < -0.4 is 10.6 Å². The smallest absolute Gasteiger partial charge is 0.340 e. The van der Waals surface area contributed by atoms with Crippen LogP contribution in [0.3, 0.4) is 0 Å². The molecule has 0 aliphatic carbocycles. The molecule has 0 atom stereocenters. The van der Waals surface area contributed by atoms with Crippen LogP contribution in [0.4, 0.5) is 5.13 Å². The fraction of sp³-hybridized carbons (Fsp3) is 0.333. The molecule has 3 rings (SSSR count). The van der Waals surface area contributed by atoms with Crippen molar-refractivity contribution in [2.75, 3.05) is 25.6 Å². The second-order valence-electron chi connectivity index (χ2n) is 6.92. The first-order chi connectivity index (χ1) is 15.3. The van der Waals surface area contributed by atoms with Gasteiger partial charge in [-0.15, -0.1) is 22.7 Å². The van der Waals surface area contributed by atoms with E-state index in [-0.39, 0.29) is 24.1 Å². The molecule has 0 bridgehead atoms. The summed E-state index contributed by atoms with van der Waals surface area (Å²) in [5.41, 5.74) is 2.44. The van der Waals surface area contributed by atoms with Gasteiger partial charge in [-0.2, -0.15) is 0 Å². The largest absolute Gasteiger partial charge is 0.460 e. The maximum Gasteiger partial charge on any atom is 0.340 e. The number of esters is 1. The molecule has 0 aromatic carbocycles. The SMILES string of the molecule is COCCOC(=O)c1c(C)[nH]c(C(=O)Nc2nc(-c3ccc(CNC(C)=O)s3)cs2)c1C. The Kier molecular flexibility index (Phi) is 7.78. The molecule has 9 nitrogen and oxygen atoms in total. The molecular formula is C21H24N4O5S2. The quantitative estimate of drug-likeness (QED) is 0.321. The molecule has 0 unspecified atom stereocenters. The van der Waals surface area contributed by atoms with E-state index in [1.165, 1.54) is 36.7 Å². The van der Waals surface area contributed by atoms with Crippen molar-refractivity contribution in [2.24, 2.45) is 0 Å². The van der Waals surface area contributed by atoms with Crippen LogP contribution in [0.5, 0.6) is 0 Å². The highest BCUT2D eigenvalue weighted by Crippen LogP contribution is 2.31. The molecule has 0 aliphatic rings. The molecule has 0 saturated heterocycles. The third-order valence-corrected chi connectivity index (χ3v) is 6.41. The molecule has 0 radical (unpaired) electrons. The van der Waals surface area contributed by atoms with Crippen molar-refractivity contribution in [3.8, 4) is 10.6 Å². The Morgan fingerprint density at radius 1 is 1.19 bits per heavy atom. The standard InChI is InChI=1S/C21H24N4O5S2/c1-11-17(20(28)30-8-7-29-4)12(2)23-18(11)19(27)25-21-24-15(10-31-21)16-6-5-14(32-16)9-22-13(3)26/h5-6,10,23H,7-9H2,1-4H3,(H,22,26)(H,24,25,27). The van der Waals surface area contributed by atoms with E-state index in [0.717, 1.165) is 15.4 Å². The summed E-state index contributed by atoms with van der Waals surface area (Å²) in [6, 6.07) is 3.87. The van der Waals surface area contributed by atoms with Crippen LogP contribution in [0.1, 0.15) is 43.9 Å². The molecule has 3 N–H and O–H groups in total. The van der Waals surface area contributed by atoms with E-state index in [9.17, 15) is 14.4 Å². The van der Waals surface area contributed by atoms with Crippen LogP contribution in [0.25, 0.3) is 10.6 Å². The van der Waals surface area contributed by atoms with Gasteiger partial charge in [0.05, 0.1) is 29.3 Å². The Balaban J connectivity index is 1.68. The van der Waals surface area contributed by atoms with Crippen molar-refractivity contribution in [1.82, 2.24) is 15.3 Å². The number of methoxy groups -OCH3 is 1. The van der Waals surface area contributed by atoms with Gasteiger partial charge in [0.25, 0.3) is 5.91 Å². The Morgan fingerprint density at radius 2 is 1.97 bits per heavy atom. The fourth-order valence-electron chi connectivity index (χ4n) is 3.00. The lowest BCUT2D eigenvalue weighted by atomic mass is 10.1. The number of amides is 2. The number of carbonyl (C=O) groups excluding carboxylic acids is 3. The number of aryl methyl sites for hydroxylation is 1. The molecular weight excluding hydrogens is 452 g/mol. The van der Waals surface area contributed by atoms with Gasteiger partial charge in [-0.1, -0.05) is 0 Å². The van der Waals surface area contributed by atoms with Gasteiger partial charge in [0.2, 0.25) is 5.91 Å². The molecule has 32 heavy (non-hydrogen) atoms. The lowest BCUT2D eigenvalue weighted by Gasteiger charge is -2.05. The van der Waals surface area contributed by atoms with E-state index in [0.29, 0.717) is 35.1 Å². The lowest BCUT2D eigenvalue weighted by molar-refractivity contribution is -0.119. The number of anilines is 1. The zero-order valence-electron chi connectivity index (χ0n) is 18.2. The van der Waals surface area contributed by atoms with E-state index >= 15 is 0 Å². The number of nitrogens with zero attached hydrogens (tertiary/aromatic N) is 1. The van der Waals surface area contributed by atoms with E-state index in [4.69, 9.17) is 9.47 Å². The van der Waals surface area contributed by atoms with E-state index < -0.39 is 5.97 Å². The van der Waals surface area contributed by atoms with Crippen molar-refractivity contribution < 1.29 is 23.9 Å². The maximum atomic E-state index is 12.8. The predicted molar refractivity (Wildman–Crippen MR) is 123 cm³/mol.